The molecule has 0 spiro atoms. The topological polar surface area (TPSA) is 59.1 Å². The summed E-state index contributed by atoms with van der Waals surface area (Å²) in [5, 5.41) is 0. The molecule has 6 heteroatoms. The van der Waals surface area contributed by atoms with Crippen LogP contribution in [0.2, 0.25) is 0 Å². The molecule has 3 aromatic carbocycles. The lowest BCUT2D eigenvalue weighted by Gasteiger charge is -2.23. The Labute approximate surface area is 200 Å². The molecule has 0 N–H and O–H groups in total. The first-order valence-electron chi connectivity index (χ1n) is 11.3. The standard InChI is InChI=1S/C28H28N2O4/c1-5-33-22-17-15-20(16-18-22)25-26(29(4)21-11-7-6-8-12-21)28(32)30(27(25)31)23-13-9-10-14-24(23)34-19(2)3/h6-19H,5H2,1-4H3. The minimum Gasteiger partial charge on any atom is -0.494 e. The summed E-state index contributed by atoms with van der Waals surface area (Å²) < 4.78 is 11.5. The molecule has 0 atom stereocenters. The number of para-hydroxylation sites is 3. The molecule has 0 aromatic heterocycles. The van der Waals surface area contributed by atoms with Crippen LogP contribution in [-0.4, -0.2) is 31.6 Å². The highest BCUT2D eigenvalue weighted by molar-refractivity contribution is 6.46. The van der Waals surface area contributed by atoms with Gasteiger partial charge in [0.15, 0.2) is 0 Å². The van der Waals surface area contributed by atoms with E-state index >= 15 is 0 Å². The number of anilines is 2. The zero-order valence-corrected chi connectivity index (χ0v) is 19.8. The van der Waals surface area contributed by atoms with E-state index in [1.54, 1.807) is 30.1 Å². The number of carbonyl (C=O) groups excluding carboxylic acids is 2. The molecule has 0 saturated carbocycles. The van der Waals surface area contributed by atoms with Crippen molar-refractivity contribution in [1.29, 1.82) is 0 Å². The zero-order valence-electron chi connectivity index (χ0n) is 19.8. The van der Waals surface area contributed by atoms with Crippen molar-refractivity contribution in [2.75, 3.05) is 23.5 Å². The van der Waals surface area contributed by atoms with Crippen molar-refractivity contribution in [3.63, 3.8) is 0 Å². The predicted octanol–water partition coefficient (Wildman–Crippen LogP) is 5.29. The number of nitrogens with zero attached hydrogens (tertiary/aromatic N) is 2. The van der Waals surface area contributed by atoms with Crippen molar-refractivity contribution >= 4 is 28.8 Å². The summed E-state index contributed by atoms with van der Waals surface area (Å²) in [5.41, 5.74) is 2.50. The maximum absolute atomic E-state index is 13.8. The van der Waals surface area contributed by atoms with Crippen LogP contribution in [0.3, 0.4) is 0 Å². The zero-order chi connectivity index (χ0) is 24.2. The van der Waals surface area contributed by atoms with Crippen LogP contribution in [-0.2, 0) is 9.59 Å². The number of carbonyl (C=O) groups is 2. The molecule has 1 heterocycles. The molecule has 6 nitrogen and oxygen atoms in total. The summed E-state index contributed by atoms with van der Waals surface area (Å²) in [6.45, 7) is 6.27. The number of rotatable bonds is 8. The lowest BCUT2D eigenvalue weighted by molar-refractivity contribution is -0.120. The second-order valence-electron chi connectivity index (χ2n) is 8.16. The van der Waals surface area contributed by atoms with Gasteiger partial charge in [-0.1, -0.05) is 42.5 Å². The van der Waals surface area contributed by atoms with Gasteiger partial charge in [-0.25, -0.2) is 4.90 Å². The Bertz CT molecular complexity index is 1220. The van der Waals surface area contributed by atoms with E-state index < -0.39 is 11.8 Å². The highest BCUT2D eigenvalue weighted by atomic mass is 16.5. The average Bonchev–Trinajstić information content (AvgIpc) is 3.10. The van der Waals surface area contributed by atoms with E-state index in [9.17, 15) is 9.59 Å². The second-order valence-corrected chi connectivity index (χ2v) is 8.16. The molecule has 0 bridgehead atoms. The smallest absolute Gasteiger partial charge is 0.282 e. The highest BCUT2D eigenvalue weighted by Gasteiger charge is 2.43. The van der Waals surface area contributed by atoms with Crippen LogP contribution in [0.4, 0.5) is 11.4 Å². The van der Waals surface area contributed by atoms with E-state index in [1.807, 2.05) is 81.4 Å². The van der Waals surface area contributed by atoms with E-state index in [2.05, 4.69) is 0 Å². The van der Waals surface area contributed by atoms with E-state index in [0.29, 0.717) is 40.6 Å². The summed E-state index contributed by atoms with van der Waals surface area (Å²) in [5.74, 6) is 0.384. The fourth-order valence-electron chi connectivity index (χ4n) is 3.97. The minimum absolute atomic E-state index is 0.112. The van der Waals surface area contributed by atoms with Gasteiger partial charge in [0.2, 0.25) is 0 Å². The third-order valence-corrected chi connectivity index (χ3v) is 5.46. The molecule has 0 fully saturated rings. The molecule has 34 heavy (non-hydrogen) atoms. The summed E-state index contributed by atoms with van der Waals surface area (Å²) in [6.07, 6.45) is -0.112. The summed E-state index contributed by atoms with van der Waals surface area (Å²) in [7, 11) is 1.80. The van der Waals surface area contributed by atoms with Crippen molar-refractivity contribution in [2.24, 2.45) is 0 Å². The van der Waals surface area contributed by atoms with E-state index in [0.717, 1.165) is 5.69 Å². The Morgan fingerprint density at radius 3 is 2.15 bits per heavy atom. The molecule has 174 valence electrons. The van der Waals surface area contributed by atoms with Gasteiger partial charge >= 0.3 is 0 Å². The third-order valence-electron chi connectivity index (χ3n) is 5.46. The van der Waals surface area contributed by atoms with Crippen LogP contribution in [0, 0.1) is 0 Å². The number of imide groups is 1. The van der Waals surface area contributed by atoms with Gasteiger partial charge in [-0.15, -0.1) is 0 Å². The van der Waals surface area contributed by atoms with Crippen LogP contribution in [0.25, 0.3) is 5.57 Å². The fraction of sp³-hybridized carbons (Fsp3) is 0.214. The maximum Gasteiger partial charge on any atom is 0.282 e. The Hall–Kier alpha value is -4.06. The monoisotopic (exact) mass is 456 g/mol. The summed E-state index contributed by atoms with van der Waals surface area (Å²) in [4.78, 5) is 30.7. The molecule has 0 saturated heterocycles. The predicted molar refractivity (Wildman–Crippen MR) is 134 cm³/mol. The van der Waals surface area contributed by atoms with Gasteiger partial charge in [0.25, 0.3) is 11.8 Å². The van der Waals surface area contributed by atoms with Gasteiger partial charge in [-0.2, -0.15) is 0 Å². The molecular formula is C28H28N2O4. The second kappa shape index (κ2) is 9.83. The quantitative estimate of drug-likeness (QED) is 0.431. The normalized spacial score (nSPS) is 13.6. The largest absolute Gasteiger partial charge is 0.494 e. The molecular weight excluding hydrogens is 428 g/mol. The Morgan fingerprint density at radius 2 is 1.50 bits per heavy atom. The van der Waals surface area contributed by atoms with Gasteiger partial charge in [0.05, 0.1) is 24.0 Å². The molecule has 0 radical (unpaired) electrons. The number of likely N-dealkylation sites (N-methyl/N-ethyl adjacent to an activating group) is 1. The van der Waals surface area contributed by atoms with Crippen LogP contribution in [0.1, 0.15) is 26.3 Å². The van der Waals surface area contributed by atoms with E-state index in [-0.39, 0.29) is 6.10 Å². The van der Waals surface area contributed by atoms with Crippen molar-refractivity contribution in [3.05, 3.63) is 90.1 Å². The Morgan fingerprint density at radius 1 is 0.853 bits per heavy atom. The first-order chi connectivity index (χ1) is 16.4. The lowest BCUT2D eigenvalue weighted by atomic mass is 10.0. The summed E-state index contributed by atoms with van der Waals surface area (Å²) in [6, 6.07) is 23.9. The molecule has 2 amide bonds. The molecule has 1 aliphatic rings. The number of amides is 2. The first-order valence-corrected chi connectivity index (χ1v) is 11.3. The molecule has 3 aromatic rings. The van der Waals surface area contributed by atoms with E-state index in [4.69, 9.17) is 9.47 Å². The fourth-order valence-corrected chi connectivity index (χ4v) is 3.97. The van der Waals surface area contributed by atoms with Gasteiger partial charge in [0, 0.05) is 12.7 Å². The SMILES string of the molecule is CCOc1ccc(C2=C(N(C)c3ccccc3)C(=O)N(c3ccccc3OC(C)C)C2=O)cc1. The lowest BCUT2D eigenvalue weighted by Crippen LogP contribution is -2.34. The van der Waals surface area contributed by atoms with Gasteiger partial charge in [-0.3, -0.25) is 9.59 Å². The van der Waals surface area contributed by atoms with Crippen LogP contribution in [0.15, 0.2) is 84.6 Å². The van der Waals surface area contributed by atoms with Crippen molar-refractivity contribution < 1.29 is 19.1 Å². The average molecular weight is 457 g/mol. The maximum atomic E-state index is 13.8. The van der Waals surface area contributed by atoms with Gasteiger partial charge in [-0.05, 0) is 62.7 Å². The first kappa shape index (κ1) is 23.1. The third kappa shape index (κ3) is 4.39. The molecule has 0 unspecified atom stereocenters. The van der Waals surface area contributed by atoms with Crippen molar-refractivity contribution in [2.45, 2.75) is 26.9 Å². The van der Waals surface area contributed by atoms with Crippen molar-refractivity contribution in [1.82, 2.24) is 0 Å². The Kier molecular flexibility index (Phi) is 6.68. The van der Waals surface area contributed by atoms with Gasteiger partial charge < -0.3 is 14.4 Å². The molecule has 0 aliphatic carbocycles. The van der Waals surface area contributed by atoms with Crippen LogP contribution >= 0.6 is 0 Å². The number of ether oxygens (including phenoxy) is 2. The number of hydrogen-bond donors (Lipinski definition) is 0. The Balaban J connectivity index is 1.84. The number of hydrogen-bond acceptors (Lipinski definition) is 5. The van der Waals surface area contributed by atoms with Crippen LogP contribution < -0.4 is 19.3 Å². The number of benzene rings is 3. The molecule has 1 aliphatic heterocycles. The minimum atomic E-state index is -0.403. The molecule has 4 rings (SSSR count). The highest BCUT2D eigenvalue weighted by Crippen LogP contribution is 2.39. The van der Waals surface area contributed by atoms with Gasteiger partial charge in [0.1, 0.15) is 17.2 Å². The van der Waals surface area contributed by atoms with Crippen molar-refractivity contribution in [3.8, 4) is 11.5 Å². The van der Waals surface area contributed by atoms with E-state index in [1.165, 1.54) is 4.90 Å². The summed E-state index contributed by atoms with van der Waals surface area (Å²) >= 11 is 0. The van der Waals surface area contributed by atoms with Crippen LogP contribution in [0.5, 0.6) is 11.5 Å².